The monoisotopic (exact) mass is 269 g/mol. The molecular formula is C15H11NO4. The van der Waals surface area contributed by atoms with Gasteiger partial charge in [0.05, 0.1) is 4.92 Å². The molecule has 0 fully saturated rings. The molecule has 0 saturated heterocycles. The highest BCUT2D eigenvalue weighted by molar-refractivity contribution is 5.87. The molecule has 0 radical (unpaired) electrons. The number of nitro benzene ring substituents is 1. The fourth-order valence-electron chi connectivity index (χ4n) is 1.83. The molecule has 2 aromatic carbocycles. The number of hydrogen-bond acceptors (Lipinski definition) is 3. The van der Waals surface area contributed by atoms with E-state index in [9.17, 15) is 14.9 Å². The highest BCUT2D eigenvalue weighted by Gasteiger charge is 2.07. The largest absolute Gasteiger partial charge is 0.478 e. The van der Waals surface area contributed by atoms with Gasteiger partial charge in [-0.15, -0.1) is 0 Å². The van der Waals surface area contributed by atoms with E-state index in [2.05, 4.69) is 0 Å². The third kappa shape index (κ3) is 3.08. The minimum absolute atomic E-state index is 0.0207. The van der Waals surface area contributed by atoms with Crippen molar-refractivity contribution in [1.82, 2.24) is 0 Å². The third-order valence-electron chi connectivity index (χ3n) is 2.76. The minimum Gasteiger partial charge on any atom is -0.478 e. The van der Waals surface area contributed by atoms with Gasteiger partial charge in [0.2, 0.25) is 0 Å². The average molecular weight is 269 g/mol. The molecule has 0 aliphatic carbocycles. The summed E-state index contributed by atoms with van der Waals surface area (Å²) in [7, 11) is 0. The number of carbonyl (C=O) groups is 1. The molecule has 5 heteroatoms. The van der Waals surface area contributed by atoms with Crippen molar-refractivity contribution >= 4 is 17.7 Å². The zero-order valence-electron chi connectivity index (χ0n) is 10.4. The minimum atomic E-state index is -1.02. The van der Waals surface area contributed by atoms with Crippen LogP contribution in [0.25, 0.3) is 17.2 Å². The molecule has 0 aromatic heterocycles. The van der Waals surface area contributed by atoms with Crippen LogP contribution in [0.2, 0.25) is 0 Å². The van der Waals surface area contributed by atoms with E-state index in [1.807, 2.05) is 12.1 Å². The van der Waals surface area contributed by atoms with Crippen LogP contribution in [0.4, 0.5) is 5.69 Å². The van der Waals surface area contributed by atoms with E-state index in [0.29, 0.717) is 0 Å². The van der Waals surface area contributed by atoms with Crippen LogP contribution in [0.5, 0.6) is 0 Å². The summed E-state index contributed by atoms with van der Waals surface area (Å²) in [6, 6.07) is 13.4. The zero-order valence-corrected chi connectivity index (χ0v) is 10.4. The molecular weight excluding hydrogens is 258 g/mol. The molecule has 0 atom stereocenters. The van der Waals surface area contributed by atoms with Gasteiger partial charge < -0.3 is 5.11 Å². The number of rotatable bonds is 4. The maximum atomic E-state index is 10.6. The van der Waals surface area contributed by atoms with Gasteiger partial charge in [0.15, 0.2) is 0 Å². The first-order chi connectivity index (χ1) is 9.58. The summed E-state index contributed by atoms with van der Waals surface area (Å²) in [4.78, 5) is 20.7. The van der Waals surface area contributed by atoms with Crippen molar-refractivity contribution in [2.75, 3.05) is 0 Å². The van der Waals surface area contributed by atoms with E-state index >= 15 is 0 Å². The molecule has 0 aliphatic rings. The first kappa shape index (κ1) is 13.5. The van der Waals surface area contributed by atoms with Gasteiger partial charge in [-0.1, -0.05) is 24.3 Å². The number of benzene rings is 2. The summed E-state index contributed by atoms with van der Waals surface area (Å²) in [6.07, 6.45) is 2.56. The second kappa shape index (κ2) is 5.79. The van der Waals surface area contributed by atoms with E-state index < -0.39 is 10.9 Å². The molecule has 0 aliphatic heterocycles. The molecule has 0 spiro atoms. The van der Waals surface area contributed by atoms with Crippen molar-refractivity contribution in [2.45, 2.75) is 0 Å². The van der Waals surface area contributed by atoms with Gasteiger partial charge in [-0.05, 0) is 34.9 Å². The molecule has 0 saturated carbocycles. The first-order valence-corrected chi connectivity index (χ1v) is 5.83. The Morgan fingerprint density at radius 3 is 2.35 bits per heavy atom. The number of non-ortho nitro benzene ring substituents is 1. The zero-order chi connectivity index (χ0) is 14.5. The number of carboxylic acids is 1. The van der Waals surface area contributed by atoms with Crippen molar-refractivity contribution in [3.63, 3.8) is 0 Å². The molecule has 2 rings (SSSR count). The lowest BCUT2D eigenvalue weighted by Gasteiger charge is -2.05. The lowest BCUT2D eigenvalue weighted by Crippen LogP contribution is -1.89. The van der Waals surface area contributed by atoms with E-state index in [-0.39, 0.29) is 5.69 Å². The molecule has 100 valence electrons. The predicted molar refractivity (Wildman–Crippen MR) is 75.2 cm³/mol. The van der Waals surface area contributed by atoms with Crippen molar-refractivity contribution in [3.8, 4) is 11.1 Å². The molecule has 0 amide bonds. The SMILES string of the molecule is O=C(O)C=Cc1ccccc1-c1ccc([N+](=O)[O-])cc1. The summed E-state index contributed by atoms with van der Waals surface area (Å²) < 4.78 is 0. The van der Waals surface area contributed by atoms with Crippen LogP contribution in [-0.4, -0.2) is 16.0 Å². The number of nitro groups is 1. The number of hydrogen-bond donors (Lipinski definition) is 1. The van der Waals surface area contributed by atoms with Crippen molar-refractivity contribution < 1.29 is 14.8 Å². The Bertz CT molecular complexity index is 675. The first-order valence-electron chi connectivity index (χ1n) is 5.83. The summed E-state index contributed by atoms with van der Waals surface area (Å²) in [5.41, 5.74) is 2.37. The number of nitrogens with zero attached hydrogens (tertiary/aromatic N) is 1. The summed E-state index contributed by atoms with van der Waals surface area (Å²) in [6.45, 7) is 0. The van der Waals surface area contributed by atoms with Crippen LogP contribution >= 0.6 is 0 Å². The fraction of sp³-hybridized carbons (Fsp3) is 0. The van der Waals surface area contributed by atoms with E-state index in [4.69, 9.17) is 5.11 Å². The average Bonchev–Trinajstić information content (AvgIpc) is 2.45. The normalized spacial score (nSPS) is 10.6. The van der Waals surface area contributed by atoms with Gasteiger partial charge in [-0.25, -0.2) is 4.79 Å². The van der Waals surface area contributed by atoms with Crippen LogP contribution in [0.15, 0.2) is 54.6 Å². The van der Waals surface area contributed by atoms with Crippen LogP contribution in [0.3, 0.4) is 0 Å². The summed E-state index contributed by atoms with van der Waals surface area (Å²) in [5.74, 6) is -1.02. The van der Waals surface area contributed by atoms with E-state index in [0.717, 1.165) is 22.8 Å². The predicted octanol–water partition coefficient (Wildman–Crippen LogP) is 3.36. The molecule has 0 unspecified atom stereocenters. The Labute approximate surface area is 115 Å². The molecule has 2 aromatic rings. The van der Waals surface area contributed by atoms with Gasteiger partial charge in [-0.3, -0.25) is 10.1 Å². The Balaban J connectivity index is 2.42. The van der Waals surface area contributed by atoms with E-state index in [1.54, 1.807) is 24.3 Å². The van der Waals surface area contributed by atoms with Crippen molar-refractivity contribution in [3.05, 3.63) is 70.3 Å². The Hall–Kier alpha value is -2.95. The maximum Gasteiger partial charge on any atom is 0.328 e. The molecule has 20 heavy (non-hydrogen) atoms. The van der Waals surface area contributed by atoms with Gasteiger partial charge >= 0.3 is 5.97 Å². The van der Waals surface area contributed by atoms with Crippen molar-refractivity contribution in [2.24, 2.45) is 0 Å². The lowest BCUT2D eigenvalue weighted by molar-refractivity contribution is -0.384. The fourth-order valence-corrected chi connectivity index (χ4v) is 1.83. The van der Waals surface area contributed by atoms with Gasteiger partial charge in [0.1, 0.15) is 0 Å². The number of carboxylic acid groups (broad SMARTS) is 1. The van der Waals surface area contributed by atoms with Crippen LogP contribution in [0, 0.1) is 10.1 Å². The Morgan fingerprint density at radius 1 is 1.10 bits per heavy atom. The second-order valence-electron chi connectivity index (χ2n) is 4.06. The third-order valence-corrected chi connectivity index (χ3v) is 2.76. The van der Waals surface area contributed by atoms with Crippen LogP contribution in [-0.2, 0) is 4.79 Å². The number of aliphatic carboxylic acids is 1. The van der Waals surface area contributed by atoms with E-state index in [1.165, 1.54) is 18.2 Å². The Morgan fingerprint density at radius 2 is 1.75 bits per heavy atom. The maximum absolute atomic E-state index is 10.6. The Kier molecular flexibility index (Phi) is 3.91. The highest BCUT2D eigenvalue weighted by atomic mass is 16.6. The molecule has 5 nitrogen and oxygen atoms in total. The van der Waals surface area contributed by atoms with Crippen LogP contribution in [0.1, 0.15) is 5.56 Å². The molecule has 0 bridgehead atoms. The molecule has 0 heterocycles. The highest BCUT2D eigenvalue weighted by Crippen LogP contribution is 2.26. The topological polar surface area (TPSA) is 80.4 Å². The van der Waals surface area contributed by atoms with Gasteiger partial charge in [0, 0.05) is 18.2 Å². The molecule has 1 N–H and O–H groups in total. The van der Waals surface area contributed by atoms with Crippen molar-refractivity contribution in [1.29, 1.82) is 0 Å². The summed E-state index contributed by atoms with van der Waals surface area (Å²) in [5, 5.41) is 19.3. The smallest absolute Gasteiger partial charge is 0.328 e. The standard InChI is InChI=1S/C15H11NO4/c17-15(18)10-7-11-3-1-2-4-14(11)12-5-8-13(9-6-12)16(19)20/h1-10H,(H,17,18). The lowest BCUT2D eigenvalue weighted by atomic mass is 9.99. The van der Waals surface area contributed by atoms with Crippen LogP contribution < -0.4 is 0 Å². The quantitative estimate of drug-likeness (QED) is 0.524. The summed E-state index contributed by atoms with van der Waals surface area (Å²) >= 11 is 0. The van der Waals surface area contributed by atoms with Gasteiger partial charge in [0.25, 0.3) is 5.69 Å². The second-order valence-corrected chi connectivity index (χ2v) is 4.06. The van der Waals surface area contributed by atoms with Gasteiger partial charge in [-0.2, -0.15) is 0 Å².